The zero-order valence-electron chi connectivity index (χ0n) is 9.14. The fourth-order valence-electron chi connectivity index (χ4n) is 1.29. The largest absolute Gasteiger partial charge is 0.475 e. The number of nitrogens with zero attached hydrogens (tertiary/aromatic N) is 1. The zero-order valence-corrected chi connectivity index (χ0v) is 9.14. The van der Waals surface area contributed by atoms with Crippen molar-refractivity contribution in [1.29, 1.82) is 0 Å². The number of alkyl halides is 3. The third kappa shape index (κ3) is 2.84. The highest BCUT2D eigenvalue weighted by molar-refractivity contribution is 5.83. The molecule has 19 heavy (non-hydrogen) atoms. The van der Waals surface area contributed by atoms with Crippen LogP contribution in [-0.4, -0.2) is 16.1 Å². The van der Waals surface area contributed by atoms with Gasteiger partial charge in [0.15, 0.2) is 0 Å². The van der Waals surface area contributed by atoms with Crippen LogP contribution in [0, 0.1) is 0 Å². The van der Waals surface area contributed by atoms with E-state index in [-0.39, 0.29) is 0 Å². The molecule has 100 valence electrons. The van der Waals surface area contributed by atoms with Gasteiger partial charge in [0, 0.05) is 0 Å². The first-order valence-electron chi connectivity index (χ1n) is 4.91. The van der Waals surface area contributed by atoms with E-state index in [1.807, 2.05) is 0 Å². The van der Waals surface area contributed by atoms with Crippen LogP contribution in [0.3, 0.4) is 0 Å². The van der Waals surface area contributed by atoms with E-state index in [9.17, 15) is 18.0 Å². The monoisotopic (exact) mass is 273 g/mol. The van der Waals surface area contributed by atoms with Crippen molar-refractivity contribution in [1.82, 2.24) is 4.98 Å². The van der Waals surface area contributed by atoms with Gasteiger partial charge in [0.2, 0.25) is 5.76 Å². The standard InChI is InChI=1S/C11H6F3NO4/c12-11(13,14)6-3-1-2-4-7(6)18-10-15-5-8(19-10)9(16)17/h1-5H,(H,16,17). The maximum atomic E-state index is 12.7. The maximum absolute atomic E-state index is 12.7. The number of aromatic nitrogens is 1. The molecule has 2 aromatic rings. The lowest BCUT2D eigenvalue weighted by Crippen LogP contribution is -2.06. The Balaban J connectivity index is 2.30. The van der Waals surface area contributed by atoms with Crippen molar-refractivity contribution >= 4 is 5.97 Å². The molecule has 1 heterocycles. The molecule has 0 atom stereocenters. The van der Waals surface area contributed by atoms with Crippen LogP contribution in [0.1, 0.15) is 16.1 Å². The van der Waals surface area contributed by atoms with Gasteiger partial charge in [-0.1, -0.05) is 12.1 Å². The van der Waals surface area contributed by atoms with Crippen molar-refractivity contribution in [3.05, 3.63) is 41.8 Å². The normalized spacial score (nSPS) is 11.3. The average Bonchev–Trinajstić information content (AvgIpc) is 2.77. The Morgan fingerprint density at radius 3 is 2.58 bits per heavy atom. The number of para-hydroxylation sites is 1. The summed E-state index contributed by atoms with van der Waals surface area (Å²) < 4.78 is 47.4. The molecular formula is C11H6F3NO4. The molecular weight excluding hydrogens is 267 g/mol. The van der Waals surface area contributed by atoms with Crippen molar-refractivity contribution < 1.29 is 32.2 Å². The van der Waals surface area contributed by atoms with E-state index >= 15 is 0 Å². The van der Waals surface area contributed by atoms with E-state index in [0.29, 0.717) is 0 Å². The molecule has 0 bridgehead atoms. The quantitative estimate of drug-likeness (QED) is 0.929. The fourth-order valence-corrected chi connectivity index (χ4v) is 1.29. The van der Waals surface area contributed by atoms with E-state index in [4.69, 9.17) is 9.84 Å². The summed E-state index contributed by atoms with van der Waals surface area (Å²) in [5, 5.41) is 8.58. The van der Waals surface area contributed by atoms with Crippen molar-refractivity contribution in [2.75, 3.05) is 0 Å². The van der Waals surface area contributed by atoms with Gasteiger partial charge in [0.1, 0.15) is 5.75 Å². The fraction of sp³-hybridized carbons (Fsp3) is 0.0909. The molecule has 5 nitrogen and oxygen atoms in total. The second kappa shape index (κ2) is 4.63. The number of oxazole rings is 1. The van der Waals surface area contributed by atoms with Crippen molar-refractivity contribution in [2.45, 2.75) is 6.18 Å². The van der Waals surface area contributed by atoms with Crippen molar-refractivity contribution in [3.63, 3.8) is 0 Å². The molecule has 0 saturated carbocycles. The Bertz CT molecular complexity index is 606. The number of carboxylic acid groups (broad SMARTS) is 1. The van der Waals surface area contributed by atoms with E-state index in [1.165, 1.54) is 12.1 Å². The predicted molar refractivity (Wildman–Crippen MR) is 55.0 cm³/mol. The second-order valence-corrected chi connectivity index (χ2v) is 3.39. The highest BCUT2D eigenvalue weighted by Gasteiger charge is 2.34. The van der Waals surface area contributed by atoms with E-state index in [1.54, 1.807) is 0 Å². The zero-order chi connectivity index (χ0) is 14.0. The van der Waals surface area contributed by atoms with Crippen LogP contribution in [0.5, 0.6) is 11.8 Å². The summed E-state index contributed by atoms with van der Waals surface area (Å²) in [6.07, 6.45) is -4.33. The summed E-state index contributed by atoms with van der Waals surface area (Å²) in [5.74, 6) is -2.44. The third-order valence-corrected chi connectivity index (χ3v) is 2.08. The van der Waals surface area contributed by atoms with Crippen LogP contribution in [0.15, 0.2) is 34.9 Å². The molecule has 0 aliphatic heterocycles. The highest BCUT2D eigenvalue weighted by atomic mass is 19.4. The Labute approximate surface area is 104 Å². The summed E-state index contributed by atoms with van der Waals surface area (Å²) in [4.78, 5) is 13.9. The molecule has 8 heteroatoms. The highest BCUT2D eigenvalue weighted by Crippen LogP contribution is 2.37. The Kier molecular flexibility index (Phi) is 3.16. The summed E-state index contributed by atoms with van der Waals surface area (Å²) in [6.45, 7) is 0. The first-order chi connectivity index (χ1) is 8.88. The van der Waals surface area contributed by atoms with Crippen LogP contribution < -0.4 is 4.74 Å². The van der Waals surface area contributed by atoms with Crippen LogP contribution in [0.2, 0.25) is 0 Å². The molecule has 0 aliphatic carbocycles. The molecule has 0 saturated heterocycles. The summed E-state index contributed by atoms with van der Waals surface area (Å²) >= 11 is 0. The minimum atomic E-state index is -4.60. The van der Waals surface area contributed by atoms with E-state index in [0.717, 1.165) is 18.3 Å². The number of ether oxygens (including phenoxy) is 1. The molecule has 1 aromatic carbocycles. The molecule has 0 spiro atoms. The Morgan fingerprint density at radius 2 is 2.00 bits per heavy atom. The summed E-state index contributed by atoms with van der Waals surface area (Å²) in [7, 11) is 0. The molecule has 0 unspecified atom stereocenters. The minimum absolute atomic E-state index is 0.520. The molecule has 0 aliphatic rings. The number of hydrogen-bond acceptors (Lipinski definition) is 4. The maximum Gasteiger partial charge on any atom is 0.419 e. The molecule has 1 aromatic heterocycles. The lowest BCUT2D eigenvalue weighted by atomic mass is 10.2. The first-order valence-corrected chi connectivity index (χ1v) is 4.91. The number of benzene rings is 1. The number of hydrogen-bond donors (Lipinski definition) is 1. The van der Waals surface area contributed by atoms with Gasteiger partial charge in [-0.25, -0.2) is 4.79 Å². The Morgan fingerprint density at radius 1 is 1.32 bits per heavy atom. The summed E-state index contributed by atoms with van der Waals surface area (Å²) in [5.41, 5.74) is -1.01. The van der Waals surface area contributed by atoms with Gasteiger partial charge in [-0.15, -0.1) is 0 Å². The molecule has 0 fully saturated rings. The van der Waals surface area contributed by atoms with Gasteiger partial charge in [-0.3, -0.25) is 0 Å². The van der Waals surface area contributed by atoms with Crippen molar-refractivity contribution in [2.24, 2.45) is 0 Å². The summed E-state index contributed by atoms with van der Waals surface area (Å²) in [6, 6.07) is 4.45. The van der Waals surface area contributed by atoms with Crippen LogP contribution in [0.25, 0.3) is 0 Å². The van der Waals surface area contributed by atoms with Gasteiger partial charge < -0.3 is 14.3 Å². The Hall–Kier alpha value is -2.51. The average molecular weight is 273 g/mol. The number of carboxylic acids is 1. The van der Waals surface area contributed by atoms with E-state index in [2.05, 4.69) is 9.40 Å². The number of aromatic carboxylic acids is 1. The topological polar surface area (TPSA) is 72.6 Å². The number of halogens is 3. The van der Waals surface area contributed by atoms with Gasteiger partial charge >= 0.3 is 18.2 Å². The van der Waals surface area contributed by atoms with Crippen molar-refractivity contribution in [3.8, 4) is 11.8 Å². The van der Waals surface area contributed by atoms with Gasteiger partial charge in [-0.2, -0.15) is 18.2 Å². The third-order valence-electron chi connectivity index (χ3n) is 2.08. The van der Waals surface area contributed by atoms with Crippen LogP contribution >= 0.6 is 0 Å². The molecule has 0 radical (unpaired) electrons. The van der Waals surface area contributed by atoms with Gasteiger partial charge in [0.25, 0.3) is 0 Å². The lowest BCUT2D eigenvalue weighted by molar-refractivity contribution is -0.138. The lowest BCUT2D eigenvalue weighted by Gasteiger charge is -2.10. The number of carbonyl (C=O) groups is 1. The SMILES string of the molecule is O=C(O)c1cnc(Oc2ccccc2C(F)(F)F)o1. The molecule has 1 N–H and O–H groups in total. The first kappa shape index (κ1) is 12.9. The molecule has 0 amide bonds. The minimum Gasteiger partial charge on any atom is -0.475 e. The predicted octanol–water partition coefficient (Wildman–Crippen LogP) is 3.18. The van der Waals surface area contributed by atoms with E-state index < -0.39 is 35.3 Å². The van der Waals surface area contributed by atoms with Crippen LogP contribution in [0.4, 0.5) is 13.2 Å². The smallest absolute Gasteiger partial charge is 0.419 e. The van der Waals surface area contributed by atoms with Gasteiger partial charge in [0.05, 0.1) is 11.8 Å². The van der Waals surface area contributed by atoms with Gasteiger partial charge in [-0.05, 0) is 12.1 Å². The van der Waals surface area contributed by atoms with Crippen LogP contribution in [-0.2, 0) is 6.18 Å². The molecule has 2 rings (SSSR count). The number of rotatable bonds is 3. The second-order valence-electron chi connectivity index (χ2n) is 3.39.